The molecule has 0 bridgehead atoms. The van der Waals surface area contributed by atoms with E-state index < -0.39 is 0 Å². The zero-order chi connectivity index (χ0) is 13.7. The van der Waals surface area contributed by atoms with Gasteiger partial charge >= 0.3 is 0 Å². The van der Waals surface area contributed by atoms with Gasteiger partial charge in [0.1, 0.15) is 17.6 Å². The van der Waals surface area contributed by atoms with Gasteiger partial charge in [-0.3, -0.25) is 0 Å². The average molecular weight is 274 g/mol. The Morgan fingerprint density at radius 3 is 2.68 bits per heavy atom. The summed E-state index contributed by atoms with van der Waals surface area (Å²) in [5.74, 6) is 1.09. The Hall–Kier alpha value is -2.02. The van der Waals surface area contributed by atoms with Crippen molar-refractivity contribution in [1.82, 2.24) is 0 Å². The van der Waals surface area contributed by atoms with Crippen LogP contribution in [0.2, 0.25) is 5.02 Å². The number of hydrogen-bond donors (Lipinski definition) is 1. The highest BCUT2D eigenvalue weighted by molar-refractivity contribution is 6.30. The minimum absolute atomic E-state index is 0.0477. The Morgan fingerprint density at radius 1 is 1.16 bits per heavy atom. The Balaban J connectivity index is 2.34. The molecule has 0 aromatic heterocycles. The largest absolute Gasteiger partial charge is 0.456 e. The molecule has 19 heavy (non-hydrogen) atoms. The van der Waals surface area contributed by atoms with Gasteiger partial charge in [-0.25, -0.2) is 0 Å². The quantitative estimate of drug-likeness (QED) is 0.927. The van der Waals surface area contributed by atoms with Gasteiger partial charge in [0.05, 0.1) is 5.56 Å². The van der Waals surface area contributed by atoms with E-state index in [4.69, 9.17) is 26.7 Å². The molecule has 0 spiro atoms. The summed E-state index contributed by atoms with van der Waals surface area (Å²) in [7, 11) is 0. The molecule has 96 valence electrons. The minimum Gasteiger partial charge on any atom is -0.456 e. The van der Waals surface area contributed by atoms with Crippen LogP contribution in [0.4, 0.5) is 0 Å². The van der Waals surface area contributed by atoms with E-state index in [2.05, 4.69) is 0 Å². The fourth-order valence-corrected chi connectivity index (χ4v) is 1.90. The Bertz CT molecular complexity index is 620. The second kappa shape index (κ2) is 6.24. The van der Waals surface area contributed by atoms with Crippen molar-refractivity contribution in [3.63, 3.8) is 0 Å². The van der Waals surface area contributed by atoms with Crippen molar-refractivity contribution in [2.45, 2.75) is 6.42 Å². The molecule has 0 aliphatic rings. The normalized spacial score (nSPS) is 9.95. The van der Waals surface area contributed by atoms with E-state index in [1.54, 1.807) is 24.3 Å². The predicted octanol–water partition coefficient (Wildman–Crippen LogP) is 3.54. The van der Waals surface area contributed by atoms with Crippen molar-refractivity contribution in [2.24, 2.45) is 0 Å². The SMILES string of the molecule is N#Cc1cc(Cl)ccc1Oc1ccccc1CCO. The highest BCUT2D eigenvalue weighted by atomic mass is 35.5. The van der Waals surface area contributed by atoms with Crippen molar-refractivity contribution in [3.8, 4) is 17.6 Å². The van der Waals surface area contributed by atoms with Crippen LogP contribution in [0.25, 0.3) is 0 Å². The van der Waals surface area contributed by atoms with E-state index in [1.165, 1.54) is 0 Å². The van der Waals surface area contributed by atoms with Crippen molar-refractivity contribution >= 4 is 11.6 Å². The van der Waals surface area contributed by atoms with Crippen LogP contribution in [0.15, 0.2) is 42.5 Å². The van der Waals surface area contributed by atoms with Gasteiger partial charge in [-0.2, -0.15) is 5.26 Å². The van der Waals surface area contributed by atoms with Crippen LogP contribution in [0.3, 0.4) is 0 Å². The van der Waals surface area contributed by atoms with E-state index in [9.17, 15) is 0 Å². The monoisotopic (exact) mass is 273 g/mol. The van der Waals surface area contributed by atoms with Gasteiger partial charge in [0.15, 0.2) is 0 Å². The maximum absolute atomic E-state index is 9.06. The average Bonchev–Trinajstić information content (AvgIpc) is 2.43. The first-order chi connectivity index (χ1) is 9.24. The zero-order valence-corrected chi connectivity index (χ0v) is 10.9. The number of nitrogens with zero attached hydrogens (tertiary/aromatic N) is 1. The fraction of sp³-hybridized carbons (Fsp3) is 0.133. The first-order valence-corrected chi connectivity index (χ1v) is 6.18. The molecule has 0 aliphatic carbocycles. The summed E-state index contributed by atoms with van der Waals surface area (Å²) in [6.07, 6.45) is 0.506. The molecular formula is C15H12ClNO2. The first kappa shape index (κ1) is 13.4. The maximum Gasteiger partial charge on any atom is 0.145 e. The molecule has 0 heterocycles. The molecule has 4 heteroatoms. The van der Waals surface area contributed by atoms with E-state index in [-0.39, 0.29) is 6.61 Å². The summed E-state index contributed by atoms with van der Waals surface area (Å²) in [5, 5.41) is 18.6. The second-order valence-electron chi connectivity index (χ2n) is 3.94. The van der Waals surface area contributed by atoms with E-state index in [0.717, 1.165) is 5.56 Å². The number of benzene rings is 2. The van der Waals surface area contributed by atoms with Crippen LogP contribution in [-0.2, 0) is 6.42 Å². The summed E-state index contributed by atoms with van der Waals surface area (Å²) in [6.45, 7) is 0.0477. The Morgan fingerprint density at radius 2 is 1.95 bits per heavy atom. The van der Waals surface area contributed by atoms with Crippen molar-refractivity contribution in [1.29, 1.82) is 5.26 Å². The van der Waals surface area contributed by atoms with E-state index in [0.29, 0.717) is 28.5 Å². The van der Waals surface area contributed by atoms with Gasteiger partial charge < -0.3 is 9.84 Å². The summed E-state index contributed by atoms with van der Waals surface area (Å²) in [6, 6.07) is 14.4. The van der Waals surface area contributed by atoms with Crippen molar-refractivity contribution in [2.75, 3.05) is 6.61 Å². The number of rotatable bonds is 4. The number of aliphatic hydroxyl groups is 1. The first-order valence-electron chi connectivity index (χ1n) is 5.81. The number of ether oxygens (including phenoxy) is 1. The summed E-state index contributed by atoms with van der Waals surface area (Å²) in [4.78, 5) is 0. The van der Waals surface area contributed by atoms with E-state index in [1.807, 2.05) is 24.3 Å². The van der Waals surface area contributed by atoms with Gasteiger partial charge in [0.2, 0.25) is 0 Å². The minimum atomic E-state index is 0.0477. The lowest BCUT2D eigenvalue weighted by atomic mass is 10.1. The maximum atomic E-state index is 9.06. The van der Waals surface area contributed by atoms with Crippen LogP contribution in [-0.4, -0.2) is 11.7 Å². The molecule has 0 saturated heterocycles. The van der Waals surface area contributed by atoms with Crippen LogP contribution < -0.4 is 4.74 Å². The molecule has 0 radical (unpaired) electrons. The summed E-state index contributed by atoms with van der Waals surface area (Å²) >= 11 is 5.84. The third-order valence-electron chi connectivity index (χ3n) is 2.64. The summed E-state index contributed by atoms with van der Waals surface area (Å²) in [5.41, 5.74) is 1.27. The molecular weight excluding hydrogens is 262 g/mol. The molecule has 0 atom stereocenters. The predicted molar refractivity (Wildman–Crippen MR) is 73.5 cm³/mol. The molecule has 0 aliphatic heterocycles. The fourth-order valence-electron chi connectivity index (χ4n) is 1.73. The molecule has 0 saturated carbocycles. The standard InChI is InChI=1S/C15H12ClNO2/c16-13-5-6-15(12(9-13)10-17)19-14-4-2-1-3-11(14)7-8-18/h1-6,9,18H,7-8H2. The second-order valence-corrected chi connectivity index (χ2v) is 4.37. The van der Waals surface area contributed by atoms with Crippen LogP contribution in [0.1, 0.15) is 11.1 Å². The third-order valence-corrected chi connectivity index (χ3v) is 2.87. The molecule has 1 N–H and O–H groups in total. The smallest absolute Gasteiger partial charge is 0.145 e. The zero-order valence-electron chi connectivity index (χ0n) is 10.1. The third kappa shape index (κ3) is 3.25. The molecule has 0 unspecified atom stereocenters. The highest BCUT2D eigenvalue weighted by Crippen LogP contribution is 2.29. The topological polar surface area (TPSA) is 53.2 Å². The Kier molecular flexibility index (Phi) is 4.40. The van der Waals surface area contributed by atoms with Crippen LogP contribution >= 0.6 is 11.6 Å². The van der Waals surface area contributed by atoms with Crippen LogP contribution in [0, 0.1) is 11.3 Å². The van der Waals surface area contributed by atoms with E-state index >= 15 is 0 Å². The van der Waals surface area contributed by atoms with Gasteiger partial charge in [-0.05, 0) is 36.2 Å². The molecule has 0 fully saturated rings. The van der Waals surface area contributed by atoms with Gasteiger partial charge in [0.25, 0.3) is 0 Å². The lowest BCUT2D eigenvalue weighted by molar-refractivity contribution is 0.298. The van der Waals surface area contributed by atoms with Gasteiger partial charge in [0, 0.05) is 11.6 Å². The lowest BCUT2D eigenvalue weighted by Crippen LogP contribution is -1.96. The number of nitriles is 1. The highest BCUT2D eigenvalue weighted by Gasteiger charge is 2.08. The number of halogens is 1. The van der Waals surface area contributed by atoms with Crippen molar-refractivity contribution in [3.05, 3.63) is 58.6 Å². The number of hydrogen-bond acceptors (Lipinski definition) is 3. The number of aliphatic hydroxyl groups excluding tert-OH is 1. The molecule has 0 amide bonds. The lowest BCUT2D eigenvalue weighted by Gasteiger charge is -2.11. The Labute approximate surface area is 116 Å². The number of para-hydroxylation sites is 1. The van der Waals surface area contributed by atoms with Gasteiger partial charge in [-0.15, -0.1) is 0 Å². The molecule has 3 nitrogen and oxygen atoms in total. The molecule has 2 aromatic rings. The van der Waals surface area contributed by atoms with Crippen molar-refractivity contribution < 1.29 is 9.84 Å². The molecule has 2 rings (SSSR count). The van der Waals surface area contributed by atoms with Gasteiger partial charge in [-0.1, -0.05) is 29.8 Å². The molecule has 2 aromatic carbocycles. The summed E-state index contributed by atoms with van der Waals surface area (Å²) < 4.78 is 5.75. The van der Waals surface area contributed by atoms with Crippen LogP contribution in [0.5, 0.6) is 11.5 Å².